The molecule has 8 heteroatoms. The molecule has 0 bridgehead atoms. The molecule has 0 spiro atoms. The molecule has 0 saturated heterocycles. The molecule has 0 atom stereocenters. The van der Waals surface area contributed by atoms with E-state index in [4.69, 9.17) is 10.2 Å². The van der Waals surface area contributed by atoms with Crippen LogP contribution >= 0.6 is 0 Å². The summed E-state index contributed by atoms with van der Waals surface area (Å²) in [4.78, 5) is 11.4. The lowest BCUT2D eigenvalue weighted by Crippen LogP contribution is -2.24. The van der Waals surface area contributed by atoms with E-state index in [0.717, 1.165) is 12.5 Å². The second-order valence-electron chi connectivity index (χ2n) is 3.92. The van der Waals surface area contributed by atoms with Gasteiger partial charge in [-0.05, 0) is 26.3 Å². The number of unbranched alkanes of at least 4 members (excludes halogenated alkanes) is 1. The number of hydrogen-bond donors (Lipinski definition) is 2. The van der Waals surface area contributed by atoms with E-state index < -0.39 is 16.0 Å². The minimum atomic E-state index is -3.75. The number of aryl methyl sites for hydroxylation is 1. The lowest BCUT2D eigenvalue weighted by molar-refractivity contribution is 0.0599. The Hall–Kier alpha value is -1.38. The first-order valence-corrected chi connectivity index (χ1v) is 7.29. The predicted octanol–water partition coefficient (Wildman–Crippen LogP) is 0.392. The summed E-state index contributed by atoms with van der Waals surface area (Å²) in [5.41, 5.74) is 5.42. The summed E-state index contributed by atoms with van der Waals surface area (Å²) in [5, 5.41) is -0.293. The molecule has 0 fully saturated rings. The lowest BCUT2D eigenvalue weighted by atomic mass is 10.3. The highest BCUT2D eigenvalue weighted by Crippen LogP contribution is 2.19. The quantitative estimate of drug-likeness (QED) is 0.555. The highest BCUT2D eigenvalue weighted by atomic mass is 32.2. The number of esters is 1. The number of rotatable bonds is 7. The number of hydrogen-bond acceptors (Lipinski definition) is 6. The molecule has 0 aliphatic rings. The number of ether oxygens (including phenoxy) is 1. The summed E-state index contributed by atoms with van der Waals surface area (Å²) in [6.07, 6.45) is 1.37. The highest BCUT2D eigenvalue weighted by molar-refractivity contribution is 7.89. The van der Waals surface area contributed by atoms with E-state index in [2.05, 4.69) is 9.46 Å². The van der Waals surface area contributed by atoms with Crippen molar-refractivity contribution in [3.8, 4) is 0 Å². The first-order valence-electron chi connectivity index (χ1n) is 5.81. The molecule has 0 aliphatic carbocycles. The van der Waals surface area contributed by atoms with E-state index in [1.165, 1.54) is 14.0 Å². The fourth-order valence-electron chi connectivity index (χ4n) is 1.45. The van der Waals surface area contributed by atoms with E-state index in [9.17, 15) is 13.2 Å². The molecule has 1 heterocycles. The van der Waals surface area contributed by atoms with Crippen LogP contribution in [0.2, 0.25) is 0 Å². The van der Waals surface area contributed by atoms with Gasteiger partial charge in [-0.25, -0.2) is 17.9 Å². The Morgan fingerprint density at radius 2 is 2.16 bits per heavy atom. The minimum absolute atomic E-state index is 0.102. The average molecular weight is 290 g/mol. The number of carbonyl (C=O) groups excluding carboxylic acids is 1. The van der Waals surface area contributed by atoms with Crippen LogP contribution in [0.1, 0.15) is 29.0 Å². The van der Waals surface area contributed by atoms with Crippen molar-refractivity contribution in [1.29, 1.82) is 0 Å². The minimum Gasteiger partial charge on any atom is -0.465 e. The fraction of sp³-hybridized carbons (Fsp3) is 0.545. The van der Waals surface area contributed by atoms with Gasteiger partial charge >= 0.3 is 5.97 Å². The van der Waals surface area contributed by atoms with E-state index in [1.807, 2.05) is 0 Å². The van der Waals surface area contributed by atoms with Crippen LogP contribution in [0.3, 0.4) is 0 Å². The maximum absolute atomic E-state index is 11.9. The van der Waals surface area contributed by atoms with Crippen LogP contribution < -0.4 is 10.5 Å². The van der Waals surface area contributed by atoms with Crippen molar-refractivity contribution < 1.29 is 22.4 Å². The van der Waals surface area contributed by atoms with Gasteiger partial charge in [0, 0.05) is 12.6 Å². The van der Waals surface area contributed by atoms with Crippen LogP contribution in [-0.2, 0) is 14.8 Å². The summed E-state index contributed by atoms with van der Waals surface area (Å²) >= 11 is 0. The summed E-state index contributed by atoms with van der Waals surface area (Å²) in [5.74, 6) is -0.431. The Morgan fingerprint density at radius 1 is 1.47 bits per heavy atom. The maximum Gasteiger partial charge on any atom is 0.341 e. The van der Waals surface area contributed by atoms with Crippen LogP contribution in [0.4, 0.5) is 0 Å². The second-order valence-corrected chi connectivity index (χ2v) is 5.62. The van der Waals surface area contributed by atoms with E-state index in [-0.39, 0.29) is 23.0 Å². The van der Waals surface area contributed by atoms with E-state index in [1.54, 1.807) is 0 Å². The van der Waals surface area contributed by atoms with Crippen LogP contribution in [0.25, 0.3) is 0 Å². The predicted molar refractivity (Wildman–Crippen MR) is 68.3 cm³/mol. The molecule has 108 valence electrons. The summed E-state index contributed by atoms with van der Waals surface area (Å²) < 4.78 is 35.8. The van der Waals surface area contributed by atoms with Crippen molar-refractivity contribution in [1.82, 2.24) is 4.72 Å². The van der Waals surface area contributed by atoms with Crippen molar-refractivity contribution in [2.75, 3.05) is 20.2 Å². The molecule has 3 N–H and O–H groups in total. The van der Waals surface area contributed by atoms with Crippen LogP contribution in [0.5, 0.6) is 0 Å². The molecule has 1 aromatic rings. The van der Waals surface area contributed by atoms with Crippen molar-refractivity contribution in [2.45, 2.75) is 24.9 Å². The number of nitrogens with two attached hydrogens (primary N) is 1. The molecule has 0 saturated carbocycles. The summed E-state index contributed by atoms with van der Waals surface area (Å²) in [7, 11) is -2.53. The average Bonchev–Trinajstić information content (AvgIpc) is 2.77. The molecule has 0 unspecified atom stereocenters. The van der Waals surface area contributed by atoms with Crippen molar-refractivity contribution in [3.05, 3.63) is 17.4 Å². The smallest absolute Gasteiger partial charge is 0.341 e. The number of furan rings is 1. The standard InChI is InChI=1S/C11H18N2O5S/c1-8-9(11(14)17-2)7-10(18-8)19(15,16)13-6-4-3-5-12/h7,13H,3-6,12H2,1-2H3. The van der Waals surface area contributed by atoms with Crippen LogP contribution in [0.15, 0.2) is 15.6 Å². The lowest BCUT2D eigenvalue weighted by Gasteiger charge is -2.02. The van der Waals surface area contributed by atoms with E-state index >= 15 is 0 Å². The monoisotopic (exact) mass is 290 g/mol. The normalized spacial score (nSPS) is 11.5. The summed E-state index contributed by atoms with van der Waals surface area (Å²) in [6, 6.07) is 1.16. The van der Waals surface area contributed by atoms with Gasteiger partial charge in [0.25, 0.3) is 10.0 Å². The molecular formula is C11H18N2O5S. The summed E-state index contributed by atoms with van der Waals surface area (Å²) in [6.45, 7) is 2.28. The molecule has 0 aromatic carbocycles. The van der Waals surface area contributed by atoms with Crippen molar-refractivity contribution >= 4 is 16.0 Å². The zero-order chi connectivity index (χ0) is 14.5. The van der Waals surface area contributed by atoms with Gasteiger partial charge < -0.3 is 14.9 Å². The molecule has 1 aromatic heterocycles. The largest absolute Gasteiger partial charge is 0.465 e. The molecule has 0 aliphatic heterocycles. The Balaban J connectivity index is 2.82. The molecule has 0 amide bonds. The fourth-order valence-corrected chi connectivity index (χ4v) is 2.51. The molecule has 0 radical (unpaired) electrons. The number of methoxy groups -OCH3 is 1. The van der Waals surface area contributed by atoms with Gasteiger partial charge in [-0.3, -0.25) is 0 Å². The third-order valence-corrected chi connectivity index (χ3v) is 3.80. The van der Waals surface area contributed by atoms with Crippen LogP contribution in [-0.4, -0.2) is 34.6 Å². The Morgan fingerprint density at radius 3 is 2.74 bits per heavy atom. The van der Waals surface area contributed by atoms with Crippen molar-refractivity contribution in [2.24, 2.45) is 5.73 Å². The van der Waals surface area contributed by atoms with E-state index in [0.29, 0.717) is 13.0 Å². The zero-order valence-electron chi connectivity index (χ0n) is 10.9. The number of nitrogens with one attached hydrogen (secondary N) is 1. The van der Waals surface area contributed by atoms with Crippen molar-refractivity contribution in [3.63, 3.8) is 0 Å². The van der Waals surface area contributed by atoms with Gasteiger partial charge in [0.05, 0.1) is 7.11 Å². The van der Waals surface area contributed by atoms with Gasteiger partial charge in [0.15, 0.2) is 0 Å². The van der Waals surface area contributed by atoms with Gasteiger partial charge in [0.1, 0.15) is 11.3 Å². The van der Waals surface area contributed by atoms with Gasteiger partial charge in [-0.1, -0.05) is 0 Å². The second kappa shape index (κ2) is 6.69. The number of carbonyl (C=O) groups is 1. The zero-order valence-corrected chi connectivity index (χ0v) is 11.7. The SMILES string of the molecule is COC(=O)c1cc(S(=O)(=O)NCCCCN)oc1C. The van der Waals surface area contributed by atoms with Gasteiger partial charge in [-0.2, -0.15) is 0 Å². The first kappa shape index (κ1) is 15.7. The molecule has 19 heavy (non-hydrogen) atoms. The Kier molecular flexibility index (Phi) is 5.52. The third kappa shape index (κ3) is 4.05. The van der Waals surface area contributed by atoms with Gasteiger partial charge in [0.2, 0.25) is 5.09 Å². The molecular weight excluding hydrogens is 272 g/mol. The third-order valence-electron chi connectivity index (χ3n) is 2.49. The Bertz CT molecular complexity index is 535. The van der Waals surface area contributed by atoms with Crippen LogP contribution in [0, 0.1) is 6.92 Å². The number of sulfonamides is 1. The Labute approximate surface area is 112 Å². The maximum atomic E-state index is 11.9. The highest BCUT2D eigenvalue weighted by Gasteiger charge is 2.23. The topological polar surface area (TPSA) is 112 Å². The van der Waals surface area contributed by atoms with Gasteiger partial charge in [-0.15, -0.1) is 0 Å². The molecule has 1 rings (SSSR count). The first-order chi connectivity index (χ1) is 8.92. The molecule has 7 nitrogen and oxygen atoms in total.